The zero-order valence-corrected chi connectivity index (χ0v) is 18.0. The number of hydrogen-bond donors (Lipinski definition) is 0. The summed E-state index contributed by atoms with van der Waals surface area (Å²) in [4.78, 5) is 24.2. The number of carbonyl (C=O) groups is 1. The standard InChI is InChI=1S/C24H29N5O/c1-17-14-28(15-18(2)29(17)23-9-8-20(12-25)13-26-23)24(30)16-27-11-10-21-6-4-5-7-22(21)19(27)3/h4-9,13,17-19H,10-11,14-16H2,1-3H3/t17-,18?,19?/m0/s1. The Bertz CT molecular complexity index is 939. The molecule has 0 radical (unpaired) electrons. The lowest BCUT2D eigenvalue weighted by Crippen LogP contribution is -2.59. The van der Waals surface area contributed by atoms with Gasteiger partial charge in [-0.25, -0.2) is 4.98 Å². The van der Waals surface area contributed by atoms with E-state index in [9.17, 15) is 4.79 Å². The molecule has 30 heavy (non-hydrogen) atoms. The molecule has 1 amide bonds. The summed E-state index contributed by atoms with van der Waals surface area (Å²) in [6, 6.07) is 15.0. The van der Waals surface area contributed by atoms with E-state index < -0.39 is 0 Å². The maximum Gasteiger partial charge on any atom is 0.236 e. The first-order valence-corrected chi connectivity index (χ1v) is 10.7. The molecule has 0 N–H and O–H groups in total. The van der Waals surface area contributed by atoms with Crippen molar-refractivity contribution < 1.29 is 4.79 Å². The van der Waals surface area contributed by atoms with Crippen LogP contribution in [0.1, 0.15) is 43.5 Å². The van der Waals surface area contributed by atoms with Gasteiger partial charge in [-0.05, 0) is 50.5 Å². The number of hydrogen-bond acceptors (Lipinski definition) is 5. The minimum atomic E-state index is 0.164. The lowest BCUT2D eigenvalue weighted by atomic mass is 9.93. The third-order valence-corrected chi connectivity index (χ3v) is 6.47. The Morgan fingerprint density at radius 3 is 2.53 bits per heavy atom. The van der Waals surface area contributed by atoms with Gasteiger partial charge in [0.05, 0.1) is 12.1 Å². The third kappa shape index (κ3) is 3.90. The average molecular weight is 404 g/mol. The van der Waals surface area contributed by atoms with Crippen LogP contribution < -0.4 is 4.90 Å². The number of pyridine rings is 1. The summed E-state index contributed by atoms with van der Waals surface area (Å²) < 4.78 is 0. The van der Waals surface area contributed by atoms with E-state index in [2.05, 4.69) is 65.9 Å². The van der Waals surface area contributed by atoms with Crippen molar-refractivity contribution in [2.24, 2.45) is 0 Å². The summed E-state index contributed by atoms with van der Waals surface area (Å²) in [5.41, 5.74) is 3.31. The highest BCUT2D eigenvalue weighted by atomic mass is 16.2. The second-order valence-corrected chi connectivity index (χ2v) is 8.52. The molecule has 2 aliphatic heterocycles. The minimum absolute atomic E-state index is 0.164. The van der Waals surface area contributed by atoms with Crippen LogP contribution in [0, 0.1) is 11.3 Å². The largest absolute Gasteiger partial charge is 0.348 e. The first-order valence-electron chi connectivity index (χ1n) is 10.7. The average Bonchev–Trinajstić information content (AvgIpc) is 2.75. The number of amides is 1. The van der Waals surface area contributed by atoms with E-state index in [1.807, 2.05) is 11.0 Å². The smallest absolute Gasteiger partial charge is 0.236 e. The molecular formula is C24H29N5O. The van der Waals surface area contributed by atoms with Crippen molar-refractivity contribution in [3.8, 4) is 6.07 Å². The maximum atomic E-state index is 13.2. The van der Waals surface area contributed by atoms with Crippen molar-refractivity contribution in [3.05, 3.63) is 59.3 Å². The molecule has 1 saturated heterocycles. The third-order valence-electron chi connectivity index (χ3n) is 6.47. The Labute approximate surface area is 178 Å². The highest BCUT2D eigenvalue weighted by Gasteiger charge is 2.34. The number of anilines is 1. The Morgan fingerprint density at radius 2 is 1.87 bits per heavy atom. The molecule has 1 fully saturated rings. The van der Waals surface area contributed by atoms with Crippen LogP contribution in [-0.4, -0.2) is 59.0 Å². The van der Waals surface area contributed by atoms with E-state index in [4.69, 9.17) is 5.26 Å². The normalized spacial score (nSPS) is 24.3. The molecule has 3 heterocycles. The predicted octanol–water partition coefficient (Wildman–Crippen LogP) is 3.00. The molecule has 0 bridgehead atoms. The Kier molecular flexibility index (Phi) is 5.74. The van der Waals surface area contributed by atoms with E-state index in [0.717, 1.165) is 18.8 Å². The van der Waals surface area contributed by atoms with E-state index in [-0.39, 0.29) is 24.0 Å². The molecule has 1 aromatic carbocycles. The Morgan fingerprint density at radius 1 is 1.13 bits per heavy atom. The second kappa shape index (κ2) is 8.45. The van der Waals surface area contributed by atoms with Gasteiger partial charge in [0, 0.05) is 44.0 Å². The zero-order chi connectivity index (χ0) is 21.3. The van der Waals surface area contributed by atoms with Gasteiger partial charge in [-0.1, -0.05) is 24.3 Å². The molecule has 4 rings (SSSR count). The minimum Gasteiger partial charge on any atom is -0.348 e. The fraction of sp³-hybridized carbons (Fsp3) is 0.458. The van der Waals surface area contributed by atoms with Crippen LogP contribution in [0.4, 0.5) is 5.82 Å². The van der Waals surface area contributed by atoms with Crippen molar-refractivity contribution in [2.45, 2.75) is 45.3 Å². The van der Waals surface area contributed by atoms with Crippen molar-refractivity contribution in [1.82, 2.24) is 14.8 Å². The summed E-state index contributed by atoms with van der Waals surface area (Å²) in [6.07, 6.45) is 2.61. The van der Waals surface area contributed by atoms with Gasteiger partial charge in [-0.15, -0.1) is 0 Å². The van der Waals surface area contributed by atoms with Gasteiger partial charge in [0.25, 0.3) is 0 Å². The van der Waals surface area contributed by atoms with Crippen LogP contribution in [0.3, 0.4) is 0 Å². The molecule has 156 valence electrons. The SMILES string of the molecule is CC1c2ccccc2CCN1CC(=O)N1CC(C)N(c2ccc(C#N)cn2)[C@@H](C)C1. The molecule has 2 aliphatic rings. The van der Waals surface area contributed by atoms with Crippen molar-refractivity contribution in [1.29, 1.82) is 5.26 Å². The van der Waals surface area contributed by atoms with Gasteiger partial charge in [0.2, 0.25) is 5.91 Å². The Balaban J connectivity index is 1.41. The topological polar surface area (TPSA) is 63.5 Å². The van der Waals surface area contributed by atoms with Gasteiger partial charge in [0.1, 0.15) is 11.9 Å². The summed E-state index contributed by atoms with van der Waals surface area (Å²) in [5, 5.41) is 8.99. The number of fused-ring (bicyclic) bond motifs is 1. The number of carbonyl (C=O) groups excluding carboxylic acids is 1. The fourth-order valence-electron chi connectivity index (χ4n) is 4.90. The van der Waals surface area contributed by atoms with Gasteiger partial charge in [-0.2, -0.15) is 5.26 Å². The number of nitrogens with zero attached hydrogens (tertiary/aromatic N) is 5. The van der Waals surface area contributed by atoms with Gasteiger partial charge in [0.15, 0.2) is 0 Å². The monoisotopic (exact) mass is 403 g/mol. The van der Waals surface area contributed by atoms with E-state index in [1.165, 1.54) is 11.1 Å². The number of rotatable bonds is 3. The summed E-state index contributed by atoms with van der Waals surface area (Å²) in [5.74, 6) is 1.06. The highest BCUT2D eigenvalue weighted by Crippen LogP contribution is 2.29. The van der Waals surface area contributed by atoms with Crippen LogP contribution in [0.15, 0.2) is 42.6 Å². The molecule has 2 aromatic rings. The van der Waals surface area contributed by atoms with Crippen molar-refractivity contribution in [3.63, 3.8) is 0 Å². The molecular weight excluding hydrogens is 374 g/mol. The van der Waals surface area contributed by atoms with E-state index in [0.29, 0.717) is 25.2 Å². The van der Waals surface area contributed by atoms with Crippen molar-refractivity contribution >= 4 is 11.7 Å². The highest BCUT2D eigenvalue weighted by molar-refractivity contribution is 5.79. The fourth-order valence-corrected chi connectivity index (χ4v) is 4.90. The summed E-state index contributed by atoms with van der Waals surface area (Å²) in [6.45, 7) is 9.22. The van der Waals surface area contributed by atoms with Crippen LogP contribution >= 0.6 is 0 Å². The van der Waals surface area contributed by atoms with Gasteiger partial charge < -0.3 is 9.80 Å². The Hall–Kier alpha value is -2.91. The molecule has 0 spiro atoms. The van der Waals surface area contributed by atoms with Crippen LogP contribution in [0.5, 0.6) is 0 Å². The number of nitriles is 1. The van der Waals surface area contributed by atoms with Crippen LogP contribution in [0.2, 0.25) is 0 Å². The molecule has 2 unspecified atom stereocenters. The zero-order valence-electron chi connectivity index (χ0n) is 18.0. The van der Waals surface area contributed by atoms with Gasteiger partial charge >= 0.3 is 0 Å². The van der Waals surface area contributed by atoms with E-state index >= 15 is 0 Å². The van der Waals surface area contributed by atoms with E-state index in [1.54, 1.807) is 12.3 Å². The first-order chi connectivity index (χ1) is 14.5. The molecule has 6 heteroatoms. The number of piperazine rings is 1. The quantitative estimate of drug-likeness (QED) is 0.788. The number of benzene rings is 1. The number of aromatic nitrogens is 1. The van der Waals surface area contributed by atoms with Crippen LogP contribution in [-0.2, 0) is 11.2 Å². The van der Waals surface area contributed by atoms with Crippen LogP contribution in [0.25, 0.3) is 0 Å². The molecule has 0 aliphatic carbocycles. The summed E-state index contributed by atoms with van der Waals surface area (Å²) in [7, 11) is 0. The summed E-state index contributed by atoms with van der Waals surface area (Å²) >= 11 is 0. The molecule has 0 saturated carbocycles. The molecule has 1 aromatic heterocycles. The predicted molar refractivity (Wildman–Crippen MR) is 117 cm³/mol. The second-order valence-electron chi connectivity index (χ2n) is 8.52. The lowest BCUT2D eigenvalue weighted by Gasteiger charge is -2.46. The maximum absolute atomic E-state index is 13.2. The molecule has 6 nitrogen and oxygen atoms in total. The molecule has 3 atom stereocenters. The lowest BCUT2D eigenvalue weighted by molar-refractivity contribution is -0.134. The first kappa shape index (κ1) is 20.4. The van der Waals surface area contributed by atoms with Gasteiger partial charge in [-0.3, -0.25) is 9.69 Å². The van der Waals surface area contributed by atoms with Crippen molar-refractivity contribution in [2.75, 3.05) is 31.1 Å².